The van der Waals surface area contributed by atoms with Gasteiger partial charge in [0, 0.05) is 18.5 Å². The molecule has 33 heavy (non-hydrogen) atoms. The molecular formula is C25H28FN3O3S. The Morgan fingerprint density at radius 2 is 1.88 bits per heavy atom. The summed E-state index contributed by atoms with van der Waals surface area (Å²) >= 11 is 1.45. The Morgan fingerprint density at radius 1 is 1.15 bits per heavy atom. The fourth-order valence-electron chi connectivity index (χ4n) is 3.82. The largest absolute Gasteiger partial charge is 0.452 e. The van der Waals surface area contributed by atoms with E-state index in [2.05, 4.69) is 10.2 Å². The molecule has 0 radical (unpaired) electrons. The Bertz CT molecular complexity index is 1200. The summed E-state index contributed by atoms with van der Waals surface area (Å²) in [5, 5.41) is 13.3. The highest BCUT2D eigenvalue weighted by molar-refractivity contribution is 7.14. The van der Waals surface area contributed by atoms with Crippen LogP contribution in [0, 0.1) is 12.7 Å². The SMILES string of the molecule is CNC(=O)c1cc2c(s1)CN(C)CN2c1cc(C(C)(C)O)ccc1Oc1ccc(C)cc1F. The van der Waals surface area contributed by atoms with Crippen LogP contribution in [0.3, 0.4) is 0 Å². The number of carbonyl (C=O) groups is 1. The molecule has 2 heterocycles. The fraction of sp³-hybridized carbons (Fsp3) is 0.320. The number of benzene rings is 2. The first-order chi connectivity index (χ1) is 15.6. The first kappa shape index (κ1) is 23.2. The van der Waals surface area contributed by atoms with Gasteiger partial charge in [-0.1, -0.05) is 12.1 Å². The molecule has 3 aromatic rings. The van der Waals surface area contributed by atoms with Gasteiger partial charge in [-0.15, -0.1) is 11.3 Å². The number of anilines is 2. The molecule has 0 saturated carbocycles. The molecular weight excluding hydrogens is 441 g/mol. The second-order valence-corrected chi connectivity index (χ2v) is 10.00. The molecule has 1 aliphatic heterocycles. The number of amides is 1. The van der Waals surface area contributed by atoms with Gasteiger partial charge in [0.25, 0.3) is 5.91 Å². The maximum absolute atomic E-state index is 14.6. The third-order valence-corrected chi connectivity index (χ3v) is 6.70. The van der Waals surface area contributed by atoms with Crippen LogP contribution in [0.25, 0.3) is 0 Å². The summed E-state index contributed by atoms with van der Waals surface area (Å²) in [6.45, 7) is 6.51. The van der Waals surface area contributed by atoms with Crippen molar-refractivity contribution >= 4 is 28.6 Å². The highest BCUT2D eigenvalue weighted by Gasteiger charge is 2.29. The molecule has 174 valence electrons. The van der Waals surface area contributed by atoms with Crippen LogP contribution < -0.4 is 15.0 Å². The molecule has 0 spiro atoms. The number of fused-ring (bicyclic) bond motifs is 1. The van der Waals surface area contributed by atoms with E-state index < -0.39 is 11.4 Å². The molecule has 4 rings (SSSR count). The maximum atomic E-state index is 14.6. The van der Waals surface area contributed by atoms with Crippen molar-refractivity contribution in [1.29, 1.82) is 0 Å². The highest BCUT2D eigenvalue weighted by Crippen LogP contribution is 2.44. The Morgan fingerprint density at radius 3 is 2.55 bits per heavy atom. The molecule has 2 aromatic carbocycles. The molecule has 2 N–H and O–H groups in total. The number of rotatable bonds is 5. The molecule has 1 amide bonds. The van der Waals surface area contributed by atoms with Crippen molar-refractivity contribution in [3.63, 3.8) is 0 Å². The van der Waals surface area contributed by atoms with Crippen molar-refractivity contribution in [2.75, 3.05) is 25.7 Å². The van der Waals surface area contributed by atoms with E-state index in [0.717, 1.165) is 16.1 Å². The van der Waals surface area contributed by atoms with Crippen LogP contribution in [0.15, 0.2) is 42.5 Å². The summed E-state index contributed by atoms with van der Waals surface area (Å²) in [5.74, 6) is 0.00126. The van der Waals surface area contributed by atoms with Gasteiger partial charge in [0.2, 0.25) is 0 Å². The Kier molecular flexibility index (Phi) is 6.18. The predicted octanol–water partition coefficient (Wildman–Crippen LogP) is 5.12. The molecule has 1 aromatic heterocycles. The summed E-state index contributed by atoms with van der Waals surface area (Å²) in [7, 11) is 3.61. The summed E-state index contributed by atoms with van der Waals surface area (Å²) in [4.78, 5) is 18.1. The average Bonchev–Trinajstić information content (AvgIpc) is 3.18. The van der Waals surface area contributed by atoms with E-state index in [4.69, 9.17) is 4.74 Å². The first-order valence-corrected chi connectivity index (χ1v) is 11.5. The van der Waals surface area contributed by atoms with E-state index in [1.165, 1.54) is 17.4 Å². The first-order valence-electron chi connectivity index (χ1n) is 10.7. The number of aliphatic hydroxyl groups is 1. The monoisotopic (exact) mass is 469 g/mol. The highest BCUT2D eigenvalue weighted by atomic mass is 32.1. The molecule has 1 aliphatic rings. The minimum absolute atomic E-state index is 0.125. The van der Waals surface area contributed by atoms with E-state index in [1.807, 2.05) is 31.0 Å². The van der Waals surface area contributed by atoms with Crippen LogP contribution in [0.5, 0.6) is 11.5 Å². The van der Waals surface area contributed by atoms with Crippen molar-refractivity contribution in [2.24, 2.45) is 0 Å². The number of halogens is 1. The number of aryl methyl sites for hydroxylation is 1. The molecule has 0 atom stereocenters. The van der Waals surface area contributed by atoms with Crippen LogP contribution >= 0.6 is 11.3 Å². The standard InChI is InChI=1S/C25H28FN3O3S/c1-15-6-8-20(17(26)10-15)32-21-9-7-16(25(2,3)31)11-18(21)29-14-28(5)13-23-19(29)12-22(33-23)24(30)27-4/h6-12,31H,13-14H2,1-5H3,(H,27,30). The third-order valence-electron chi connectivity index (χ3n) is 5.59. The van der Waals surface area contributed by atoms with E-state index in [1.54, 1.807) is 45.2 Å². The second-order valence-electron chi connectivity index (χ2n) is 8.86. The number of ether oxygens (including phenoxy) is 1. The van der Waals surface area contributed by atoms with E-state index in [-0.39, 0.29) is 11.7 Å². The van der Waals surface area contributed by atoms with E-state index >= 15 is 0 Å². The van der Waals surface area contributed by atoms with Crippen LogP contribution in [-0.2, 0) is 12.1 Å². The lowest BCUT2D eigenvalue weighted by Gasteiger charge is -2.36. The Hall–Kier alpha value is -2.94. The molecule has 0 bridgehead atoms. The lowest BCUT2D eigenvalue weighted by atomic mass is 9.97. The zero-order chi connectivity index (χ0) is 23.9. The van der Waals surface area contributed by atoms with E-state index in [0.29, 0.717) is 35.1 Å². The smallest absolute Gasteiger partial charge is 0.261 e. The predicted molar refractivity (Wildman–Crippen MR) is 129 cm³/mol. The third kappa shape index (κ3) is 4.73. The van der Waals surface area contributed by atoms with Gasteiger partial charge < -0.3 is 20.1 Å². The summed E-state index contributed by atoms with van der Waals surface area (Å²) in [6, 6.07) is 12.1. The van der Waals surface area contributed by atoms with Gasteiger partial charge in [-0.2, -0.15) is 0 Å². The summed E-state index contributed by atoms with van der Waals surface area (Å²) in [6.07, 6.45) is 0. The van der Waals surface area contributed by atoms with Gasteiger partial charge in [0.1, 0.15) is 0 Å². The van der Waals surface area contributed by atoms with Gasteiger partial charge >= 0.3 is 0 Å². The summed E-state index contributed by atoms with van der Waals surface area (Å²) in [5.41, 5.74) is 2.02. The molecule has 8 heteroatoms. The normalized spacial score (nSPS) is 14.2. The van der Waals surface area contributed by atoms with Crippen LogP contribution in [0.4, 0.5) is 15.8 Å². The Balaban J connectivity index is 1.84. The van der Waals surface area contributed by atoms with Crippen molar-refractivity contribution in [3.8, 4) is 11.5 Å². The second kappa shape index (κ2) is 8.78. The van der Waals surface area contributed by atoms with E-state index in [9.17, 15) is 14.3 Å². The van der Waals surface area contributed by atoms with Crippen molar-refractivity contribution in [2.45, 2.75) is 32.9 Å². The molecule has 0 fully saturated rings. The van der Waals surface area contributed by atoms with Gasteiger partial charge in [0.15, 0.2) is 17.3 Å². The van der Waals surface area contributed by atoms with Crippen LogP contribution in [-0.4, -0.2) is 36.7 Å². The quantitative estimate of drug-likeness (QED) is 0.543. The number of nitrogens with zero attached hydrogens (tertiary/aromatic N) is 2. The lowest BCUT2D eigenvalue weighted by Crippen LogP contribution is -2.36. The van der Waals surface area contributed by atoms with Gasteiger partial charge in [-0.25, -0.2) is 4.39 Å². The molecule has 0 saturated heterocycles. The number of nitrogens with one attached hydrogen (secondary N) is 1. The van der Waals surface area contributed by atoms with Gasteiger partial charge in [-0.05, 0) is 69.3 Å². The van der Waals surface area contributed by atoms with Crippen molar-refractivity contribution in [3.05, 3.63) is 69.2 Å². The van der Waals surface area contributed by atoms with Gasteiger partial charge in [0.05, 0.1) is 28.5 Å². The fourth-order valence-corrected chi connectivity index (χ4v) is 5.01. The molecule has 6 nitrogen and oxygen atoms in total. The zero-order valence-corrected chi connectivity index (χ0v) is 20.2. The zero-order valence-electron chi connectivity index (χ0n) is 19.4. The van der Waals surface area contributed by atoms with Crippen molar-refractivity contribution < 1.29 is 19.0 Å². The number of thiophene rings is 1. The average molecular weight is 470 g/mol. The lowest BCUT2D eigenvalue weighted by molar-refractivity contribution is 0.0785. The minimum atomic E-state index is -1.07. The minimum Gasteiger partial charge on any atom is -0.452 e. The van der Waals surface area contributed by atoms with Crippen LogP contribution in [0.1, 0.15) is 39.5 Å². The maximum Gasteiger partial charge on any atom is 0.261 e. The number of carbonyl (C=O) groups excluding carboxylic acids is 1. The Labute approximate surface area is 197 Å². The van der Waals surface area contributed by atoms with Crippen LogP contribution in [0.2, 0.25) is 0 Å². The molecule has 0 aliphatic carbocycles. The number of hydrogen-bond donors (Lipinski definition) is 2. The summed E-state index contributed by atoms with van der Waals surface area (Å²) < 4.78 is 20.6. The van der Waals surface area contributed by atoms with Crippen molar-refractivity contribution in [1.82, 2.24) is 10.2 Å². The molecule has 0 unspecified atom stereocenters. The number of hydrogen-bond acceptors (Lipinski definition) is 6. The van der Waals surface area contributed by atoms with Gasteiger partial charge in [-0.3, -0.25) is 9.69 Å². The topological polar surface area (TPSA) is 65.0 Å².